The van der Waals surface area contributed by atoms with E-state index >= 15 is 0 Å². The van der Waals surface area contributed by atoms with Crippen molar-refractivity contribution < 1.29 is 19.8 Å². The Labute approximate surface area is 107 Å². The van der Waals surface area contributed by atoms with Crippen LogP contribution in [0.25, 0.3) is 0 Å². The van der Waals surface area contributed by atoms with Gasteiger partial charge in [-0.25, -0.2) is 4.79 Å². The van der Waals surface area contributed by atoms with Crippen LogP contribution in [-0.2, 0) is 9.59 Å². The van der Waals surface area contributed by atoms with Crippen molar-refractivity contribution in [3.8, 4) is 0 Å². The number of carbonyl (C=O) groups excluding carboxylic acids is 1. The predicted molar refractivity (Wildman–Crippen MR) is 66.1 cm³/mol. The number of rotatable bonds is 6. The van der Waals surface area contributed by atoms with E-state index in [1.54, 1.807) is 0 Å². The van der Waals surface area contributed by atoms with E-state index in [0.717, 1.165) is 25.8 Å². The number of carbonyl (C=O) groups is 2. The molecule has 0 aromatic rings. The molecule has 0 bridgehead atoms. The van der Waals surface area contributed by atoms with E-state index in [2.05, 4.69) is 17.6 Å². The van der Waals surface area contributed by atoms with Gasteiger partial charge in [0, 0.05) is 13.0 Å². The third kappa shape index (κ3) is 4.27. The van der Waals surface area contributed by atoms with Gasteiger partial charge in [0.05, 0.1) is 6.04 Å². The molecule has 4 N–H and O–H groups in total. The molecule has 0 aromatic heterocycles. The Balaban J connectivity index is 2.50. The Hall–Kier alpha value is -1.14. The highest BCUT2D eigenvalue weighted by Crippen LogP contribution is 2.19. The van der Waals surface area contributed by atoms with Crippen molar-refractivity contribution in [1.82, 2.24) is 10.6 Å². The second-order valence-corrected chi connectivity index (χ2v) is 4.72. The van der Waals surface area contributed by atoms with Gasteiger partial charge in [0.25, 0.3) is 0 Å². The lowest BCUT2D eigenvalue weighted by Gasteiger charge is -2.29. The number of carboxylic acids is 1. The molecule has 18 heavy (non-hydrogen) atoms. The lowest BCUT2D eigenvalue weighted by atomic mass is 9.90. The van der Waals surface area contributed by atoms with Gasteiger partial charge in [-0.2, -0.15) is 0 Å². The maximum atomic E-state index is 11.9. The Morgan fingerprint density at radius 2 is 2.22 bits per heavy atom. The molecule has 6 heteroatoms. The fourth-order valence-electron chi connectivity index (χ4n) is 2.23. The van der Waals surface area contributed by atoms with Gasteiger partial charge in [0.15, 0.2) is 0 Å². The molecule has 1 saturated heterocycles. The summed E-state index contributed by atoms with van der Waals surface area (Å²) >= 11 is 0. The number of hydrogen-bond acceptors (Lipinski definition) is 4. The van der Waals surface area contributed by atoms with Crippen LogP contribution < -0.4 is 10.6 Å². The Bertz CT molecular complexity index is 296. The zero-order valence-corrected chi connectivity index (χ0v) is 10.7. The molecule has 1 fully saturated rings. The van der Waals surface area contributed by atoms with Crippen molar-refractivity contribution >= 4 is 11.9 Å². The van der Waals surface area contributed by atoms with Gasteiger partial charge >= 0.3 is 5.97 Å². The number of piperidine rings is 1. The van der Waals surface area contributed by atoms with Crippen molar-refractivity contribution in [2.45, 2.75) is 44.7 Å². The monoisotopic (exact) mass is 258 g/mol. The van der Waals surface area contributed by atoms with Crippen LogP contribution in [-0.4, -0.2) is 47.3 Å². The molecule has 1 rings (SSSR count). The van der Waals surface area contributed by atoms with Crippen molar-refractivity contribution in [2.75, 3.05) is 13.2 Å². The van der Waals surface area contributed by atoms with Crippen LogP contribution >= 0.6 is 0 Å². The van der Waals surface area contributed by atoms with Crippen molar-refractivity contribution in [2.24, 2.45) is 5.92 Å². The summed E-state index contributed by atoms with van der Waals surface area (Å²) in [6.07, 6.45) is 2.86. The third-order valence-electron chi connectivity index (χ3n) is 3.44. The summed E-state index contributed by atoms with van der Waals surface area (Å²) < 4.78 is 0. The molecular formula is C12H22N2O4. The Kier molecular flexibility index (Phi) is 6.07. The zero-order valence-electron chi connectivity index (χ0n) is 10.7. The van der Waals surface area contributed by atoms with E-state index in [1.165, 1.54) is 0 Å². The second kappa shape index (κ2) is 7.33. The molecule has 104 valence electrons. The Morgan fingerprint density at radius 1 is 1.50 bits per heavy atom. The van der Waals surface area contributed by atoms with Gasteiger partial charge in [0.2, 0.25) is 5.91 Å². The van der Waals surface area contributed by atoms with Crippen LogP contribution in [0.5, 0.6) is 0 Å². The maximum absolute atomic E-state index is 11.9. The normalized spacial score (nSPS) is 25.4. The minimum atomic E-state index is -1.11. The lowest BCUT2D eigenvalue weighted by Crippen LogP contribution is -2.53. The molecular weight excluding hydrogens is 236 g/mol. The van der Waals surface area contributed by atoms with Gasteiger partial charge < -0.3 is 20.8 Å². The molecule has 1 heterocycles. The van der Waals surface area contributed by atoms with Gasteiger partial charge in [-0.05, 0) is 25.3 Å². The summed E-state index contributed by atoms with van der Waals surface area (Å²) in [5.74, 6) is -0.877. The summed E-state index contributed by atoms with van der Waals surface area (Å²) in [7, 11) is 0. The van der Waals surface area contributed by atoms with Gasteiger partial charge in [-0.1, -0.05) is 13.3 Å². The first-order valence-corrected chi connectivity index (χ1v) is 6.45. The summed E-state index contributed by atoms with van der Waals surface area (Å²) in [5.41, 5.74) is 0. The van der Waals surface area contributed by atoms with Gasteiger partial charge in [0.1, 0.15) is 6.04 Å². The number of hydrogen-bond donors (Lipinski definition) is 4. The van der Waals surface area contributed by atoms with E-state index in [9.17, 15) is 9.59 Å². The molecule has 3 unspecified atom stereocenters. The summed E-state index contributed by atoms with van der Waals surface area (Å²) in [4.78, 5) is 22.8. The minimum Gasteiger partial charge on any atom is -0.480 e. The first kappa shape index (κ1) is 14.9. The van der Waals surface area contributed by atoms with Crippen LogP contribution in [0.4, 0.5) is 0 Å². The molecule has 1 aliphatic rings. The predicted octanol–water partition coefficient (Wildman–Crippen LogP) is -0.284. The molecule has 1 amide bonds. The van der Waals surface area contributed by atoms with Crippen molar-refractivity contribution in [3.05, 3.63) is 0 Å². The quantitative estimate of drug-likeness (QED) is 0.525. The highest BCUT2D eigenvalue weighted by atomic mass is 16.4. The number of carboxylic acid groups (broad SMARTS) is 1. The van der Waals surface area contributed by atoms with Crippen LogP contribution in [0.2, 0.25) is 0 Å². The summed E-state index contributed by atoms with van der Waals surface area (Å²) in [5, 5.41) is 23.2. The van der Waals surface area contributed by atoms with E-state index in [4.69, 9.17) is 10.2 Å². The van der Waals surface area contributed by atoms with Crippen LogP contribution in [0.15, 0.2) is 0 Å². The molecule has 0 radical (unpaired) electrons. The smallest absolute Gasteiger partial charge is 0.326 e. The highest BCUT2D eigenvalue weighted by molar-refractivity contribution is 5.87. The number of amides is 1. The standard InChI is InChI=1S/C12H22N2O4/c1-2-8-3-5-13-10(7-8)11(16)14-9(4-6-15)12(17)18/h8-10,13,15H,2-7H2,1H3,(H,14,16)(H,17,18). The molecule has 3 atom stereocenters. The SMILES string of the molecule is CCC1CCNC(C(=O)NC(CCO)C(=O)O)C1. The highest BCUT2D eigenvalue weighted by Gasteiger charge is 2.28. The van der Waals surface area contributed by atoms with E-state index in [1.807, 2.05) is 0 Å². The topological polar surface area (TPSA) is 98.7 Å². The number of aliphatic hydroxyl groups excluding tert-OH is 1. The number of aliphatic hydroxyl groups is 1. The molecule has 0 aliphatic carbocycles. The van der Waals surface area contributed by atoms with E-state index in [0.29, 0.717) is 5.92 Å². The molecule has 1 aliphatic heterocycles. The van der Waals surface area contributed by atoms with Gasteiger partial charge in [-0.3, -0.25) is 4.79 Å². The average molecular weight is 258 g/mol. The fraction of sp³-hybridized carbons (Fsp3) is 0.833. The third-order valence-corrected chi connectivity index (χ3v) is 3.44. The van der Waals surface area contributed by atoms with E-state index in [-0.39, 0.29) is 25.0 Å². The largest absolute Gasteiger partial charge is 0.480 e. The van der Waals surface area contributed by atoms with Crippen molar-refractivity contribution in [3.63, 3.8) is 0 Å². The van der Waals surface area contributed by atoms with Crippen molar-refractivity contribution in [1.29, 1.82) is 0 Å². The summed E-state index contributed by atoms with van der Waals surface area (Å²) in [6.45, 7) is 2.62. The average Bonchev–Trinajstić information content (AvgIpc) is 2.38. The minimum absolute atomic E-state index is 0.0327. The fourth-order valence-corrected chi connectivity index (χ4v) is 2.23. The number of nitrogens with one attached hydrogen (secondary N) is 2. The van der Waals surface area contributed by atoms with E-state index < -0.39 is 12.0 Å². The number of aliphatic carboxylic acids is 1. The molecule has 6 nitrogen and oxygen atoms in total. The van der Waals surface area contributed by atoms with Crippen LogP contribution in [0, 0.1) is 5.92 Å². The van der Waals surface area contributed by atoms with Gasteiger partial charge in [-0.15, -0.1) is 0 Å². The lowest BCUT2D eigenvalue weighted by molar-refractivity contribution is -0.142. The van der Waals surface area contributed by atoms with Crippen LogP contribution in [0.1, 0.15) is 32.6 Å². The maximum Gasteiger partial charge on any atom is 0.326 e. The van der Waals surface area contributed by atoms with Crippen LogP contribution in [0.3, 0.4) is 0 Å². The first-order valence-electron chi connectivity index (χ1n) is 6.45. The Morgan fingerprint density at radius 3 is 2.78 bits per heavy atom. The second-order valence-electron chi connectivity index (χ2n) is 4.72. The molecule has 0 aromatic carbocycles. The molecule has 0 spiro atoms. The molecule has 0 saturated carbocycles. The zero-order chi connectivity index (χ0) is 13.5. The summed E-state index contributed by atoms with van der Waals surface area (Å²) in [6, 6.07) is -1.32. The first-order chi connectivity index (χ1) is 8.58.